The largest absolute Gasteiger partial charge is 0.618 e. The molecule has 1 aliphatic rings. The van der Waals surface area contributed by atoms with Gasteiger partial charge in [0.1, 0.15) is 0 Å². The highest BCUT2D eigenvalue weighted by Crippen LogP contribution is 2.25. The van der Waals surface area contributed by atoms with Crippen molar-refractivity contribution in [3.05, 3.63) is 53.5 Å². The Morgan fingerprint density at radius 2 is 1.84 bits per heavy atom. The van der Waals surface area contributed by atoms with Crippen LogP contribution in [0, 0.1) is 5.21 Å². The lowest BCUT2D eigenvalue weighted by Gasteiger charge is -2.25. The van der Waals surface area contributed by atoms with Crippen molar-refractivity contribution in [1.82, 2.24) is 9.29 Å². The van der Waals surface area contributed by atoms with Crippen LogP contribution in [0.25, 0.3) is 21.8 Å². The summed E-state index contributed by atoms with van der Waals surface area (Å²) in [6.45, 7) is 1.36. The van der Waals surface area contributed by atoms with Crippen molar-refractivity contribution in [3.8, 4) is 0 Å². The van der Waals surface area contributed by atoms with Gasteiger partial charge in [-0.3, -0.25) is 4.98 Å². The Bertz CT molecular complexity index is 1050. The zero-order chi connectivity index (χ0) is 17.4. The van der Waals surface area contributed by atoms with E-state index in [0.29, 0.717) is 48.1 Å². The molecular formula is C17H17N3O4S. The number of morpholine rings is 1. The Labute approximate surface area is 145 Å². The molecule has 4 rings (SSSR count). The molecule has 0 unspecified atom stereocenters. The highest BCUT2D eigenvalue weighted by Gasteiger charge is 2.30. The Hall–Kier alpha value is -2.29. The van der Waals surface area contributed by atoms with Crippen molar-refractivity contribution in [2.75, 3.05) is 26.3 Å². The number of fused-ring (bicyclic) bond motifs is 3. The molecule has 0 atom stereocenters. The first-order valence-electron chi connectivity index (χ1n) is 8.01. The third kappa shape index (κ3) is 2.82. The van der Waals surface area contributed by atoms with Crippen LogP contribution in [0.1, 0.15) is 5.69 Å². The predicted molar refractivity (Wildman–Crippen MR) is 93.2 cm³/mol. The molecule has 1 fully saturated rings. The van der Waals surface area contributed by atoms with E-state index in [1.807, 2.05) is 12.1 Å². The molecule has 8 heteroatoms. The molecule has 130 valence electrons. The summed E-state index contributed by atoms with van der Waals surface area (Å²) >= 11 is 0. The number of para-hydroxylation sites is 1. The molecular weight excluding hydrogens is 342 g/mol. The number of hydrogen-bond donors (Lipinski definition) is 0. The fraction of sp³-hybridized carbons (Fsp3) is 0.294. The first-order chi connectivity index (χ1) is 12.1. The number of sulfonamides is 1. The van der Waals surface area contributed by atoms with E-state index in [2.05, 4.69) is 4.98 Å². The molecule has 0 N–H and O–H groups in total. The van der Waals surface area contributed by atoms with Crippen molar-refractivity contribution in [3.63, 3.8) is 0 Å². The van der Waals surface area contributed by atoms with Crippen LogP contribution >= 0.6 is 0 Å². The van der Waals surface area contributed by atoms with Crippen LogP contribution in [0.2, 0.25) is 0 Å². The van der Waals surface area contributed by atoms with E-state index in [1.165, 1.54) is 4.31 Å². The Morgan fingerprint density at radius 3 is 2.64 bits per heavy atom. The van der Waals surface area contributed by atoms with Crippen molar-refractivity contribution >= 4 is 31.8 Å². The molecule has 1 aromatic carbocycles. The maximum absolute atomic E-state index is 12.9. The quantitative estimate of drug-likeness (QED) is 0.398. The molecule has 25 heavy (non-hydrogen) atoms. The van der Waals surface area contributed by atoms with Crippen molar-refractivity contribution < 1.29 is 17.9 Å². The van der Waals surface area contributed by atoms with Crippen LogP contribution in [-0.4, -0.2) is 44.0 Å². The number of benzene rings is 1. The Balaban J connectivity index is 1.90. The molecule has 0 amide bonds. The van der Waals surface area contributed by atoms with Gasteiger partial charge in [0.25, 0.3) is 0 Å². The minimum Gasteiger partial charge on any atom is -0.618 e. The summed E-state index contributed by atoms with van der Waals surface area (Å²) in [6.07, 6.45) is 1.64. The van der Waals surface area contributed by atoms with Gasteiger partial charge in [0.05, 0.1) is 29.5 Å². The van der Waals surface area contributed by atoms with Crippen LogP contribution in [0.3, 0.4) is 0 Å². The number of rotatable bonds is 3. The molecule has 0 aliphatic carbocycles. The summed E-state index contributed by atoms with van der Waals surface area (Å²) < 4.78 is 32.9. The second kappa shape index (κ2) is 6.21. The average molecular weight is 359 g/mol. The van der Waals surface area contributed by atoms with Crippen LogP contribution in [0.4, 0.5) is 0 Å². The number of pyridine rings is 2. The predicted octanol–water partition coefficient (Wildman–Crippen LogP) is 1.18. The van der Waals surface area contributed by atoms with E-state index in [1.54, 1.807) is 30.5 Å². The lowest BCUT2D eigenvalue weighted by atomic mass is 10.1. The van der Waals surface area contributed by atoms with Crippen LogP contribution in [-0.2, 0) is 20.5 Å². The van der Waals surface area contributed by atoms with Gasteiger partial charge in [-0.15, -0.1) is 0 Å². The van der Waals surface area contributed by atoms with Gasteiger partial charge >= 0.3 is 0 Å². The van der Waals surface area contributed by atoms with Crippen molar-refractivity contribution in [2.45, 2.75) is 5.75 Å². The number of ether oxygens (including phenoxy) is 1. The molecule has 3 heterocycles. The fourth-order valence-electron chi connectivity index (χ4n) is 3.18. The van der Waals surface area contributed by atoms with Gasteiger partial charge in [-0.2, -0.15) is 9.04 Å². The highest BCUT2D eigenvalue weighted by molar-refractivity contribution is 7.88. The first-order valence-corrected chi connectivity index (χ1v) is 9.62. The van der Waals surface area contributed by atoms with E-state index in [-0.39, 0.29) is 11.4 Å². The molecule has 1 aliphatic heterocycles. The van der Waals surface area contributed by atoms with Crippen molar-refractivity contribution in [2.24, 2.45) is 0 Å². The number of hydrogen-bond acceptors (Lipinski definition) is 5. The fourth-order valence-corrected chi connectivity index (χ4v) is 4.69. The summed E-state index contributed by atoms with van der Waals surface area (Å²) in [6, 6.07) is 10.5. The Kier molecular flexibility index (Phi) is 4.03. The molecule has 2 aromatic heterocycles. The van der Waals surface area contributed by atoms with Gasteiger partial charge in [0.15, 0.2) is 5.75 Å². The van der Waals surface area contributed by atoms with Crippen LogP contribution in [0.15, 0.2) is 42.6 Å². The Morgan fingerprint density at radius 1 is 1.12 bits per heavy atom. The summed E-state index contributed by atoms with van der Waals surface area (Å²) in [5.41, 5.74) is 1.26. The standard InChI is InChI=1S/C17H17N3O4S/c21-20-15-6-2-1-4-13(15)17-14(5-3-7-18-17)16(20)12-25(22,23)19-8-10-24-11-9-19/h1-7H,8-12H2. The maximum Gasteiger partial charge on any atom is 0.226 e. The van der Waals surface area contributed by atoms with Crippen LogP contribution < -0.4 is 4.73 Å². The van der Waals surface area contributed by atoms with E-state index in [0.717, 1.165) is 4.73 Å². The minimum absolute atomic E-state index is 0.202. The highest BCUT2D eigenvalue weighted by atomic mass is 32.2. The lowest BCUT2D eigenvalue weighted by Crippen LogP contribution is -2.43. The van der Waals surface area contributed by atoms with E-state index >= 15 is 0 Å². The van der Waals surface area contributed by atoms with Gasteiger partial charge in [0, 0.05) is 25.4 Å². The SMILES string of the molecule is O=S(=O)(Cc1c2cccnc2c2ccccc2[n+]1[O-])N1CCOCC1. The average Bonchev–Trinajstić information content (AvgIpc) is 2.66. The maximum atomic E-state index is 12.9. The molecule has 3 aromatic rings. The zero-order valence-electron chi connectivity index (χ0n) is 13.5. The lowest BCUT2D eigenvalue weighted by molar-refractivity contribution is -0.583. The first kappa shape index (κ1) is 16.2. The second-order valence-corrected chi connectivity index (χ2v) is 7.89. The summed E-state index contributed by atoms with van der Waals surface area (Å²) in [5, 5.41) is 14.2. The van der Waals surface area contributed by atoms with Gasteiger partial charge in [-0.05, 0) is 18.2 Å². The summed E-state index contributed by atoms with van der Waals surface area (Å²) in [7, 11) is -3.61. The van der Waals surface area contributed by atoms with E-state index in [4.69, 9.17) is 4.74 Å². The van der Waals surface area contributed by atoms with Gasteiger partial charge < -0.3 is 9.94 Å². The molecule has 7 nitrogen and oxygen atoms in total. The minimum atomic E-state index is -3.61. The van der Waals surface area contributed by atoms with E-state index < -0.39 is 10.0 Å². The number of nitrogens with zero attached hydrogens (tertiary/aromatic N) is 3. The van der Waals surface area contributed by atoms with E-state index in [9.17, 15) is 13.6 Å². The van der Waals surface area contributed by atoms with Gasteiger partial charge in [-0.25, -0.2) is 8.42 Å². The molecule has 0 spiro atoms. The topological polar surface area (TPSA) is 86.4 Å². The van der Waals surface area contributed by atoms with Gasteiger partial charge in [0.2, 0.25) is 21.2 Å². The molecule has 0 saturated carbocycles. The smallest absolute Gasteiger partial charge is 0.226 e. The van der Waals surface area contributed by atoms with Gasteiger partial charge in [-0.1, -0.05) is 12.1 Å². The molecule has 0 radical (unpaired) electrons. The molecule has 1 saturated heterocycles. The number of aromatic nitrogens is 2. The third-order valence-electron chi connectivity index (χ3n) is 4.42. The van der Waals surface area contributed by atoms with Crippen molar-refractivity contribution in [1.29, 1.82) is 0 Å². The molecule has 0 bridgehead atoms. The normalized spacial score (nSPS) is 16.5. The summed E-state index contributed by atoms with van der Waals surface area (Å²) in [4.78, 5) is 4.37. The monoisotopic (exact) mass is 359 g/mol. The second-order valence-electron chi connectivity index (χ2n) is 5.93. The van der Waals surface area contributed by atoms with Crippen LogP contribution in [0.5, 0.6) is 0 Å². The summed E-state index contributed by atoms with van der Waals surface area (Å²) in [5.74, 6) is -0.358. The third-order valence-corrected chi connectivity index (χ3v) is 6.21. The zero-order valence-corrected chi connectivity index (χ0v) is 14.3.